The van der Waals surface area contributed by atoms with Crippen LogP contribution in [0.25, 0.3) is 22.3 Å². The van der Waals surface area contributed by atoms with Gasteiger partial charge in [0.25, 0.3) is 0 Å². The van der Waals surface area contributed by atoms with Crippen LogP contribution in [0, 0.1) is 11.3 Å². The minimum absolute atomic E-state index is 0.414. The third kappa shape index (κ3) is 4.01. The number of nitriles is 1. The van der Waals surface area contributed by atoms with Gasteiger partial charge >= 0.3 is 0 Å². The first-order valence-corrected chi connectivity index (χ1v) is 11.8. The summed E-state index contributed by atoms with van der Waals surface area (Å²) in [5.74, 6) is 0. The number of hydrogen-bond acceptors (Lipinski definition) is 6. The Morgan fingerprint density at radius 1 is 1.26 bits per heavy atom. The lowest BCUT2D eigenvalue weighted by Gasteiger charge is -2.23. The molecule has 1 aliphatic heterocycles. The summed E-state index contributed by atoms with van der Waals surface area (Å²) in [6.07, 6.45) is 2.86. The number of piperidine rings is 1. The van der Waals surface area contributed by atoms with Crippen molar-refractivity contribution in [3.8, 4) is 17.5 Å². The van der Waals surface area contributed by atoms with E-state index in [1.807, 2.05) is 38.1 Å². The first kappa shape index (κ1) is 21.3. The number of aromatic nitrogens is 3. The maximum atomic E-state index is 13.0. The summed E-state index contributed by atoms with van der Waals surface area (Å²) >= 11 is 0. The molecule has 9 heteroatoms. The molecule has 8 nitrogen and oxygen atoms in total. The van der Waals surface area contributed by atoms with Crippen molar-refractivity contribution in [2.45, 2.75) is 37.4 Å². The lowest BCUT2D eigenvalue weighted by molar-refractivity contribution is 0.499. The smallest absolute Gasteiger partial charge is 0.235 e. The Morgan fingerprint density at radius 2 is 2.00 bits per heavy atom. The molecule has 31 heavy (non-hydrogen) atoms. The van der Waals surface area contributed by atoms with Crippen LogP contribution in [-0.4, -0.2) is 41.5 Å². The van der Waals surface area contributed by atoms with E-state index < -0.39 is 20.7 Å². The zero-order chi connectivity index (χ0) is 22.2. The van der Waals surface area contributed by atoms with E-state index in [1.165, 1.54) is 0 Å². The zero-order valence-electron chi connectivity index (χ0n) is 17.9. The molecule has 0 spiro atoms. The summed E-state index contributed by atoms with van der Waals surface area (Å²) in [4.78, 5) is 4.47. The van der Waals surface area contributed by atoms with Crippen LogP contribution in [0.2, 0.25) is 0 Å². The van der Waals surface area contributed by atoms with Crippen LogP contribution >= 0.6 is 0 Å². The first-order valence-electron chi connectivity index (χ1n) is 10.3. The van der Waals surface area contributed by atoms with Gasteiger partial charge in [0.2, 0.25) is 10.0 Å². The average Bonchev–Trinajstić information content (AvgIpc) is 3.12. The summed E-state index contributed by atoms with van der Waals surface area (Å²) in [5.41, 5.74) is 2.69. The molecular weight excluding hydrogens is 412 g/mol. The summed E-state index contributed by atoms with van der Waals surface area (Å²) in [6.45, 7) is 5.12. The number of sulfonamides is 1. The number of pyridine rings is 1. The van der Waals surface area contributed by atoms with Crippen molar-refractivity contribution in [3.05, 3.63) is 42.1 Å². The summed E-state index contributed by atoms with van der Waals surface area (Å²) in [6, 6.07) is 11.5. The van der Waals surface area contributed by atoms with Gasteiger partial charge in [-0.15, -0.1) is 0 Å². The fourth-order valence-corrected chi connectivity index (χ4v) is 5.46. The molecule has 0 saturated carbocycles. The fourth-order valence-electron chi connectivity index (χ4n) is 3.96. The predicted octanol–water partition coefficient (Wildman–Crippen LogP) is 2.93. The van der Waals surface area contributed by atoms with Gasteiger partial charge in [-0.2, -0.15) is 10.4 Å². The van der Waals surface area contributed by atoms with Gasteiger partial charge in [-0.25, -0.2) is 8.42 Å². The van der Waals surface area contributed by atoms with E-state index in [-0.39, 0.29) is 0 Å². The Labute approximate surface area is 182 Å². The molecule has 4 rings (SSSR count). The van der Waals surface area contributed by atoms with Crippen LogP contribution in [0.15, 0.2) is 36.5 Å². The highest BCUT2D eigenvalue weighted by molar-refractivity contribution is 7.93. The molecule has 0 radical (unpaired) electrons. The highest BCUT2D eigenvalue weighted by atomic mass is 32.2. The van der Waals surface area contributed by atoms with Crippen molar-refractivity contribution in [3.63, 3.8) is 0 Å². The van der Waals surface area contributed by atoms with Gasteiger partial charge in [-0.3, -0.25) is 14.4 Å². The molecule has 0 aliphatic carbocycles. The monoisotopic (exact) mass is 438 g/mol. The second-order valence-corrected chi connectivity index (χ2v) is 10.4. The molecule has 3 aromatic rings. The van der Waals surface area contributed by atoms with E-state index in [4.69, 9.17) is 0 Å². The molecule has 1 fully saturated rings. The molecule has 1 aliphatic rings. The molecule has 2 N–H and O–H groups in total. The van der Waals surface area contributed by atoms with Crippen LogP contribution in [0.4, 0.5) is 5.69 Å². The molecule has 3 heterocycles. The number of nitrogens with one attached hydrogen (secondary N) is 2. The summed E-state index contributed by atoms with van der Waals surface area (Å²) in [7, 11) is -1.72. The summed E-state index contributed by atoms with van der Waals surface area (Å²) in [5, 5.41) is 17.7. The van der Waals surface area contributed by atoms with Crippen LogP contribution in [-0.2, 0) is 22.5 Å². The normalized spacial score (nSPS) is 15.7. The fraction of sp³-hybridized carbons (Fsp3) is 0.409. The van der Waals surface area contributed by atoms with Gasteiger partial charge in [0.1, 0.15) is 5.69 Å². The Morgan fingerprint density at radius 3 is 2.71 bits per heavy atom. The van der Waals surface area contributed by atoms with Crippen LogP contribution in [0.3, 0.4) is 0 Å². The second-order valence-electron chi connectivity index (χ2n) is 8.44. The Bertz CT molecular complexity index is 1270. The Hall–Kier alpha value is -2.96. The molecule has 0 unspecified atom stereocenters. The number of rotatable bonds is 5. The number of aryl methyl sites for hydroxylation is 1. The van der Waals surface area contributed by atoms with Gasteiger partial charge in [0.15, 0.2) is 0 Å². The van der Waals surface area contributed by atoms with Gasteiger partial charge in [0.05, 0.1) is 33.6 Å². The summed E-state index contributed by atoms with van der Waals surface area (Å²) < 4.78 is 30.4. The topological polar surface area (TPSA) is 113 Å². The quantitative estimate of drug-likeness (QED) is 0.633. The van der Waals surface area contributed by atoms with E-state index >= 15 is 0 Å². The maximum Gasteiger partial charge on any atom is 0.235 e. The highest BCUT2D eigenvalue weighted by Crippen LogP contribution is 2.33. The van der Waals surface area contributed by atoms with Gasteiger partial charge in [0, 0.05) is 18.6 Å². The van der Waals surface area contributed by atoms with Crippen molar-refractivity contribution >= 4 is 26.6 Å². The van der Waals surface area contributed by atoms with Crippen molar-refractivity contribution < 1.29 is 8.42 Å². The third-order valence-electron chi connectivity index (χ3n) is 5.85. The first-order chi connectivity index (χ1) is 14.7. The van der Waals surface area contributed by atoms with Crippen LogP contribution in [0.5, 0.6) is 0 Å². The molecule has 162 valence electrons. The standard InChI is InChI=1S/C22H26N6O2S/c1-22(2,14-23)15-7-12-25-19(13-15)20-17-5-4-6-18(21(17)28(3)26-20)27-31(29,30)16-8-10-24-11-9-16/h4-7,12-13,16,24,27H,8-11H2,1-3H3. The zero-order valence-corrected chi connectivity index (χ0v) is 18.7. The van der Waals surface area contributed by atoms with E-state index in [0.29, 0.717) is 48.5 Å². The van der Waals surface area contributed by atoms with Crippen molar-refractivity contribution in [2.75, 3.05) is 17.8 Å². The van der Waals surface area contributed by atoms with E-state index in [1.54, 1.807) is 24.0 Å². The Balaban J connectivity index is 1.77. The SMILES string of the molecule is Cn1nc(-c2cc(C(C)(C)C#N)ccn2)c2cccc(NS(=O)(=O)C3CCNCC3)c21. The number of nitrogens with zero attached hydrogens (tertiary/aromatic N) is 4. The van der Waals surface area contributed by atoms with Crippen molar-refractivity contribution in [1.82, 2.24) is 20.1 Å². The maximum absolute atomic E-state index is 13.0. The molecular formula is C22H26N6O2S. The van der Waals surface area contributed by atoms with E-state index in [9.17, 15) is 13.7 Å². The Kier molecular flexibility index (Phi) is 5.45. The minimum Gasteiger partial charge on any atom is -0.317 e. The molecule has 0 amide bonds. The third-order valence-corrected chi connectivity index (χ3v) is 7.70. The number of anilines is 1. The number of benzene rings is 1. The molecule has 0 bridgehead atoms. The number of hydrogen-bond donors (Lipinski definition) is 2. The van der Waals surface area contributed by atoms with Crippen molar-refractivity contribution in [1.29, 1.82) is 5.26 Å². The molecule has 2 aromatic heterocycles. The molecule has 0 atom stereocenters. The molecule has 1 aromatic carbocycles. The van der Waals surface area contributed by atoms with Crippen LogP contribution < -0.4 is 10.0 Å². The van der Waals surface area contributed by atoms with E-state index in [0.717, 1.165) is 10.9 Å². The number of para-hydroxylation sites is 1. The van der Waals surface area contributed by atoms with Gasteiger partial charge in [-0.05, 0) is 63.5 Å². The lowest BCUT2D eigenvalue weighted by atomic mass is 9.86. The van der Waals surface area contributed by atoms with Gasteiger partial charge < -0.3 is 5.32 Å². The van der Waals surface area contributed by atoms with Crippen molar-refractivity contribution in [2.24, 2.45) is 7.05 Å². The highest BCUT2D eigenvalue weighted by Gasteiger charge is 2.28. The largest absolute Gasteiger partial charge is 0.317 e. The second kappa shape index (κ2) is 7.94. The van der Waals surface area contributed by atoms with Crippen LogP contribution in [0.1, 0.15) is 32.3 Å². The number of fused-ring (bicyclic) bond motifs is 1. The predicted molar refractivity (Wildman–Crippen MR) is 121 cm³/mol. The van der Waals surface area contributed by atoms with Gasteiger partial charge in [-0.1, -0.05) is 12.1 Å². The average molecular weight is 439 g/mol. The lowest BCUT2D eigenvalue weighted by Crippen LogP contribution is -2.38. The van der Waals surface area contributed by atoms with E-state index in [2.05, 4.69) is 26.2 Å². The molecule has 1 saturated heterocycles. The minimum atomic E-state index is -3.51.